The summed E-state index contributed by atoms with van der Waals surface area (Å²) in [6.07, 6.45) is 12.0. The van der Waals surface area contributed by atoms with Gasteiger partial charge in [-0.2, -0.15) is 5.10 Å². The summed E-state index contributed by atoms with van der Waals surface area (Å²) in [5.74, 6) is 0.177. The van der Waals surface area contributed by atoms with Gasteiger partial charge in [-0.25, -0.2) is 14.8 Å². The first-order valence-electron chi connectivity index (χ1n) is 12.5. The van der Waals surface area contributed by atoms with Crippen molar-refractivity contribution in [1.82, 2.24) is 29.0 Å². The van der Waals surface area contributed by atoms with Crippen LogP contribution in [0, 0.1) is 6.92 Å². The van der Waals surface area contributed by atoms with Crippen LogP contribution in [0.1, 0.15) is 49.4 Å². The van der Waals surface area contributed by atoms with Crippen LogP contribution in [-0.2, 0) is 11.8 Å². The van der Waals surface area contributed by atoms with Crippen LogP contribution in [0.5, 0.6) is 0 Å². The molecule has 5 heterocycles. The van der Waals surface area contributed by atoms with Gasteiger partial charge in [-0.15, -0.1) is 11.3 Å². The Hall–Kier alpha value is -4.19. The van der Waals surface area contributed by atoms with Gasteiger partial charge in [-0.05, 0) is 52.7 Å². The van der Waals surface area contributed by atoms with E-state index >= 15 is 0 Å². The number of nitrogens with zero attached hydrogens (tertiary/aromatic N) is 6. The van der Waals surface area contributed by atoms with Crippen LogP contribution in [-0.4, -0.2) is 59.7 Å². The van der Waals surface area contributed by atoms with Gasteiger partial charge < -0.3 is 20.7 Å². The number of thiophene rings is 1. The number of hydrogen-bond donors (Lipinski definition) is 2. The van der Waals surface area contributed by atoms with E-state index in [2.05, 4.69) is 26.5 Å². The van der Waals surface area contributed by atoms with E-state index in [1.807, 2.05) is 64.5 Å². The average Bonchev–Trinajstić information content (AvgIpc) is 3.57. The maximum Gasteiger partial charge on any atom is 0.410 e. The first kappa shape index (κ1) is 27.8. The zero-order chi connectivity index (χ0) is 28.3. The normalized spacial score (nSPS) is 13.5. The van der Waals surface area contributed by atoms with Gasteiger partial charge in [0.25, 0.3) is 5.91 Å². The van der Waals surface area contributed by atoms with Crippen molar-refractivity contribution in [1.29, 1.82) is 0 Å². The Morgan fingerprint density at radius 3 is 2.56 bits per heavy atom. The fraction of sp³-hybridized carbons (Fsp3) is 0.370. The fourth-order valence-electron chi connectivity index (χ4n) is 4.07. The second-order valence-corrected chi connectivity index (χ2v) is 11.4. The molecule has 0 atom stereocenters. The molecule has 4 aromatic heterocycles. The molecule has 0 unspecified atom stereocenters. The third kappa shape index (κ3) is 6.82. The summed E-state index contributed by atoms with van der Waals surface area (Å²) in [7, 11) is 1.87. The summed E-state index contributed by atoms with van der Waals surface area (Å²) >= 11 is 1.30. The summed E-state index contributed by atoms with van der Waals surface area (Å²) in [4.78, 5) is 34.2. The number of hydrogen-bond acceptors (Lipinski definition) is 8. The number of nitrogens with two attached hydrogens (primary N) is 1. The molecule has 39 heavy (non-hydrogen) atoms. The number of carbonyl (C=O) groups excluding carboxylic acids is 2. The van der Waals surface area contributed by atoms with E-state index in [1.165, 1.54) is 16.9 Å². The van der Waals surface area contributed by atoms with Gasteiger partial charge in [0, 0.05) is 44.3 Å². The molecule has 0 fully saturated rings. The number of ether oxygens (including phenoxy) is 1. The molecule has 1 aliphatic heterocycles. The molecule has 0 aliphatic carbocycles. The lowest BCUT2D eigenvalue weighted by molar-refractivity contribution is 0.0262. The van der Waals surface area contributed by atoms with Crippen molar-refractivity contribution in [3.63, 3.8) is 0 Å². The first-order chi connectivity index (χ1) is 18.4. The van der Waals surface area contributed by atoms with E-state index in [-0.39, 0.29) is 6.09 Å². The van der Waals surface area contributed by atoms with Crippen LogP contribution in [0.2, 0.25) is 0 Å². The third-order valence-corrected chi connectivity index (χ3v) is 6.96. The Kier molecular flexibility index (Phi) is 8.05. The minimum absolute atomic E-state index is 0.204. The lowest BCUT2D eigenvalue weighted by Crippen LogP contribution is -2.39. The van der Waals surface area contributed by atoms with E-state index in [0.717, 1.165) is 34.8 Å². The highest BCUT2D eigenvalue weighted by atomic mass is 32.1. The zero-order valence-corrected chi connectivity index (χ0v) is 23.9. The molecule has 4 aromatic rings. The molecule has 0 saturated heterocycles. The van der Waals surface area contributed by atoms with Gasteiger partial charge in [-0.1, -0.05) is 11.6 Å². The van der Waals surface area contributed by atoms with Gasteiger partial charge >= 0.3 is 6.09 Å². The Morgan fingerprint density at radius 1 is 1.18 bits per heavy atom. The molecule has 0 bridgehead atoms. The first-order valence-corrected chi connectivity index (χ1v) is 13.3. The molecule has 12 heteroatoms. The van der Waals surface area contributed by atoms with Gasteiger partial charge in [0.15, 0.2) is 11.5 Å². The number of primary amides is 1. The van der Waals surface area contributed by atoms with Gasteiger partial charge in [-0.3, -0.25) is 13.9 Å². The highest BCUT2D eigenvalue weighted by Gasteiger charge is 2.23. The molecule has 0 radical (unpaired) electrons. The number of imidazole rings is 1. The average molecular weight is 551 g/mol. The van der Waals surface area contributed by atoms with Crippen molar-refractivity contribution < 1.29 is 14.3 Å². The molecular weight excluding hydrogens is 516 g/mol. The maximum atomic E-state index is 11.6. The molecule has 206 valence electrons. The van der Waals surface area contributed by atoms with Crippen molar-refractivity contribution in [2.45, 2.75) is 46.6 Å². The Morgan fingerprint density at radius 2 is 1.95 bits per heavy atom. The van der Waals surface area contributed by atoms with Crippen molar-refractivity contribution in [2.24, 2.45) is 12.8 Å². The van der Waals surface area contributed by atoms with Crippen molar-refractivity contribution >= 4 is 39.8 Å². The molecule has 5 rings (SSSR count). The zero-order valence-electron chi connectivity index (χ0n) is 23.1. The lowest BCUT2D eigenvalue weighted by atomic mass is 10.1. The second kappa shape index (κ2) is 11.3. The number of aromatic nitrogens is 5. The van der Waals surface area contributed by atoms with Crippen molar-refractivity contribution in [3.05, 3.63) is 59.1 Å². The third-order valence-electron chi connectivity index (χ3n) is 5.80. The van der Waals surface area contributed by atoms with Crippen LogP contribution in [0.4, 0.5) is 15.6 Å². The van der Waals surface area contributed by atoms with Crippen LogP contribution in [0.3, 0.4) is 0 Å². The van der Waals surface area contributed by atoms with Gasteiger partial charge in [0.05, 0.1) is 28.0 Å². The van der Waals surface area contributed by atoms with Gasteiger partial charge in [0.2, 0.25) is 0 Å². The number of carbonyl (C=O) groups is 2. The monoisotopic (exact) mass is 550 g/mol. The molecule has 0 spiro atoms. The predicted molar refractivity (Wildman–Crippen MR) is 152 cm³/mol. The van der Waals surface area contributed by atoms with E-state index < -0.39 is 11.5 Å². The molecule has 2 amide bonds. The minimum atomic E-state index is -0.429. The summed E-state index contributed by atoms with van der Waals surface area (Å²) < 4.78 is 8.98. The van der Waals surface area contributed by atoms with E-state index in [1.54, 1.807) is 28.2 Å². The predicted octanol–water partition coefficient (Wildman–Crippen LogP) is 4.92. The molecule has 0 saturated carbocycles. The smallest absolute Gasteiger partial charge is 0.410 e. The Labute approximate surface area is 231 Å². The maximum absolute atomic E-state index is 11.6. The number of anilines is 2. The van der Waals surface area contributed by atoms with Crippen LogP contribution >= 0.6 is 11.3 Å². The van der Waals surface area contributed by atoms with E-state index in [0.29, 0.717) is 22.9 Å². The largest absolute Gasteiger partial charge is 0.444 e. The minimum Gasteiger partial charge on any atom is -0.444 e. The fourth-order valence-corrected chi connectivity index (χ4v) is 5.00. The SMILES string of the molecule is CC1=CCCN(C(=O)OC(C)(C)C)C1.Cc1cc(Nc2nccn3c(-c4cnn(C)c4)cnc23)sc1C(N)=O. The summed E-state index contributed by atoms with van der Waals surface area (Å²) in [5, 5.41) is 8.22. The quantitative estimate of drug-likeness (QED) is 0.345. The van der Waals surface area contributed by atoms with Gasteiger partial charge in [0.1, 0.15) is 5.60 Å². The van der Waals surface area contributed by atoms with Crippen LogP contribution in [0.15, 0.2) is 48.7 Å². The standard InChI is InChI=1S/C16H15N7OS.C11H19NO2/c1-9-5-12(25-13(9)14(17)24)21-15-16-19-7-11(23(16)4-3-18-15)10-6-20-22(2)8-10;1-9-6-5-7-12(8-9)10(13)14-11(2,3)4/h3-8H,1-2H3,(H2,17,24)(H,18,21);6H,5,7-8H2,1-4H3. The number of rotatable bonds is 4. The summed E-state index contributed by atoms with van der Waals surface area (Å²) in [5.41, 5.74) is 9.65. The highest BCUT2D eigenvalue weighted by Crippen LogP contribution is 2.30. The van der Waals surface area contributed by atoms with Crippen LogP contribution in [0.25, 0.3) is 16.9 Å². The van der Waals surface area contributed by atoms with Crippen molar-refractivity contribution in [3.8, 4) is 11.3 Å². The number of amides is 2. The highest BCUT2D eigenvalue weighted by molar-refractivity contribution is 7.18. The van der Waals surface area contributed by atoms with Crippen molar-refractivity contribution in [2.75, 3.05) is 18.4 Å². The van der Waals surface area contributed by atoms with Crippen LogP contribution < -0.4 is 11.1 Å². The van der Waals surface area contributed by atoms with E-state index in [9.17, 15) is 9.59 Å². The Balaban J connectivity index is 0.000000215. The number of fused-ring (bicyclic) bond motifs is 1. The molecular formula is C27H34N8O3S. The second-order valence-electron chi connectivity index (χ2n) is 10.4. The number of nitrogens with one attached hydrogen (secondary N) is 1. The lowest BCUT2D eigenvalue weighted by Gasteiger charge is -2.29. The number of aryl methyl sites for hydroxylation is 2. The topological polar surface area (TPSA) is 133 Å². The van der Waals surface area contributed by atoms with E-state index in [4.69, 9.17) is 10.5 Å². The summed E-state index contributed by atoms with van der Waals surface area (Å²) in [6.45, 7) is 11.0. The summed E-state index contributed by atoms with van der Waals surface area (Å²) in [6, 6.07) is 1.88. The molecule has 0 aromatic carbocycles. The molecule has 11 nitrogen and oxygen atoms in total. The molecule has 3 N–H and O–H groups in total. The Bertz CT molecular complexity index is 1530. The molecule has 1 aliphatic rings.